The van der Waals surface area contributed by atoms with E-state index in [2.05, 4.69) is 32.9 Å². The van der Waals surface area contributed by atoms with Gasteiger partial charge in [0.2, 0.25) is 0 Å². The lowest BCUT2D eigenvalue weighted by Gasteiger charge is -2.68. The fourth-order valence-corrected chi connectivity index (χ4v) is 7.31. The van der Waals surface area contributed by atoms with Gasteiger partial charge in [0, 0.05) is 5.92 Å². The molecule has 5 aliphatic carbocycles. The van der Waals surface area contributed by atoms with Crippen LogP contribution in [0, 0.1) is 34.0 Å². The van der Waals surface area contributed by atoms with Crippen molar-refractivity contribution in [2.75, 3.05) is 0 Å². The van der Waals surface area contributed by atoms with E-state index < -0.39 is 5.60 Å². The third-order valence-corrected chi connectivity index (χ3v) is 8.53. The van der Waals surface area contributed by atoms with Gasteiger partial charge in [-0.15, -0.1) is 0 Å². The van der Waals surface area contributed by atoms with E-state index in [1.54, 1.807) is 0 Å². The van der Waals surface area contributed by atoms with E-state index in [1.807, 2.05) is 6.92 Å². The highest BCUT2D eigenvalue weighted by molar-refractivity contribution is 5.25. The first-order chi connectivity index (χ1) is 10.1. The second-order valence-electron chi connectivity index (χ2n) is 9.99. The largest absolute Gasteiger partial charge is 0.393 e. The van der Waals surface area contributed by atoms with E-state index in [1.165, 1.54) is 12.8 Å². The molecular formula is C20H32O2. The van der Waals surface area contributed by atoms with Crippen molar-refractivity contribution in [2.45, 2.75) is 77.9 Å². The molecule has 0 saturated heterocycles. The lowest BCUT2D eigenvalue weighted by Crippen LogP contribution is -2.64. The van der Waals surface area contributed by atoms with Crippen LogP contribution in [-0.2, 0) is 0 Å². The molecule has 0 aliphatic heterocycles. The number of hydrogen-bond donors (Lipinski definition) is 2. The first-order valence-corrected chi connectivity index (χ1v) is 9.22. The first-order valence-electron chi connectivity index (χ1n) is 9.22. The molecule has 0 aromatic heterocycles. The predicted octanol–water partition coefficient (Wildman–Crippen LogP) is 3.92. The zero-order valence-corrected chi connectivity index (χ0v) is 14.6. The van der Waals surface area contributed by atoms with Crippen molar-refractivity contribution in [3.8, 4) is 0 Å². The minimum absolute atomic E-state index is 0.0253. The van der Waals surface area contributed by atoms with E-state index in [9.17, 15) is 10.2 Å². The molecule has 3 saturated carbocycles. The van der Waals surface area contributed by atoms with Gasteiger partial charge in [-0.3, -0.25) is 0 Å². The van der Waals surface area contributed by atoms with Crippen LogP contribution in [0.4, 0.5) is 0 Å². The van der Waals surface area contributed by atoms with Gasteiger partial charge in [-0.1, -0.05) is 32.9 Å². The zero-order valence-electron chi connectivity index (χ0n) is 14.6. The molecule has 0 unspecified atom stereocenters. The molecule has 7 atom stereocenters. The van der Waals surface area contributed by atoms with Gasteiger partial charge in [-0.2, -0.15) is 0 Å². The Labute approximate surface area is 135 Å². The molecule has 5 rings (SSSR count). The van der Waals surface area contributed by atoms with Crippen molar-refractivity contribution in [1.82, 2.24) is 0 Å². The Morgan fingerprint density at radius 3 is 2.41 bits per heavy atom. The van der Waals surface area contributed by atoms with Crippen LogP contribution in [0.1, 0.15) is 66.2 Å². The van der Waals surface area contributed by atoms with E-state index >= 15 is 0 Å². The summed E-state index contributed by atoms with van der Waals surface area (Å²) in [6.45, 7) is 9.11. The molecule has 124 valence electrons. The first kappa shape index (κ1) is 15.2. The standard InChI is InChI=1S/C20H32O2/c1-17(2)14-6-10-20-9-5-13(19(4,22)12-20)11-15(20)18(14,3)8-7-16(17)21/h5,9,13-16,21-22H,6-8,10-12H2,1-4H3/t13-,14+,15-,16+,18+,19-,20+/m0/s1. The number of aliphatic hydroxyl groups is 2. The average Bonchev–Trinajstić information content (AvgIpc) is 2.42. The smallest absolute Gasteiger partial charge is 0.0690 e. The molecule has 0 heterocycles. The molecule has 2 heteroatoms. The maximum absolute atomic E-state index is 10.8. The molecule has 22 heavy (non-hydrogen) atoms. The second-order valence-corrected chi connectivity index (χ2v) is 9.99. The fourth-order valence-electron chi connectivity index (χ4n) is 7.31. The van der Waals surface area contributed by atoms with Crippen LogP contribution < -0.4 is 0 Å². The van der Waals surface area contributed by atoms with Crippen molar-refractivity contribution in [2.24, 2.45) is 34.0 Å². The summed E-state index contributed by atoms with van der Waals surface area (Å²) in [5.41, 5.74) is 0.0397. The minimum Gasteiger partial charge on any atom is -0.393 e. The number of allylic oxidation sites excluding steroid dienone is 1. The summed E-state index contributed by atoms with van der Waals surface area (Å²) in [6, 6.07) is 0. The number of fused-ring (bicyclic) bond motifs is 2. The lowest BCUT2D eigenvalue weighted by molar-refractivity contribution is -0.206. The summed E-state index contributed by atoms with van der Waals surface area (Å²) in [5.74, 6) is 1.61. The van der Waals surface area contributed by atoms with Crippen LogP contribution in [0.3, 0.4) is 0 Å². The third kappa shape index (κ3) is 1.69. The maximum Gasteiger partial charge on any atom is 0.0690 e. The molecule has 0 aromatic carbocycles. The highest BCUT2D eigenvalue weighted by Crippen LogP contribution is 2.70. The van der Waals surface area contributed by atoms with Crippen molar-refractivity contribution in [1.29, 1.82) is 0 Å². The Hall–Kier alpha value is -0.340. The van der Waals surface area contributed by atoms with Gasteiger partial charge in [0.15, 0.2) is 0 Å². The van der Waals surface area contributed by atoms with Gasteiger partial charge >= 0.3 is 0 Å². The maximum atomic E-state index is 10.8. The zero-order chi connectivity index (χ0) is 16.0. The number of aliphatic hydroxyl groups excluding tert-OH is 1. The minimum atomic E-state index is -0.516. The fraction of sp³-hybridized carbons (Fsp3) is 0.900. The topological polar surface area (TPSA) is 40.5 Å². The van der Waals surface area contributed by atoms with E-state index in [0.717, 1.165) is 25.7 Å². The molecule has 3 fully saturated rings. The molecule has 0 radical (unpaired) electrons. The van der Waals surface area contributed by atoms with E-state index in [0.29, 0.717) is 23.2 Å². The van der Waals surface area contributed by atoms with Gasteiger partial charge in [-0.05, 0) is 73.5 Å². The molecular weight excluding hydrogens is 272 g/mol. The van der Waals surface area contributed by atoms with Crippen LogP contribution in [0.15, 0.2) is 12.2 Å². The van der Waals surface area contributed by atoms with Crippen molar-refractivity contribution in [3.05, 3.63) is 12.2 Å². The molecule has 5 aliphatic rings. The predicted molar refractivity (Wildman–Crippen MR) is 88.3 cm³/mol. The Morgan fingerprint density at radius 1 is 1.00 bits per heavy atom. The van der Waals surface area contributed by atoms with E-state index in [4.69, 9.17) is 0 Å². The summed E-state index contributed by atoms with van der Waals surface area (Å²) in [5, 5.41) is 21.4. The van der Waals surface area contributed by atoms with E-state index in [-0.39, 0.29) is 16.9 Å². The van der Waals surface area contributed by atoms with Crippen molar-refractivity contribution < 1.29 is 10.2 Å². The van der Waals surface area contributed by atoms with Crippen LogP contribution in [0.5, 0.6) is 0 Å². The quantitative estimate of drug-likeness (QED) is 0.666. The van der Waals surface area contributed by atoms with Gasteiger partial charge in [0.25, 0.3) is 0 Å². The average molecular weight is 304 g/mol. The highest BCUT2D eigenvalue weighted by atomic mass is 16.3. The molecule has 2 bridgehead atoms. The SMILES string of the molecule is CC1(C)[C@H](O)CC[C@]2(C)[C@@H]1CC[C@@]13C=C[C@@H](C[C@H]12)[C@@](C)(O)C3. The monoisotopic (exact) mass is 304 g/mol. The molecule has 0 amide bonds. The van der Waals surface area contributed by atoms with Gasteiger partial charge in [0.1, 0.15) is 0 Å². The van der Waals surface area contributed by atoms with Crippen molar-refractivity contribution in [3.63, 3.8) is 0 Å². The third-order valence-electron chi connectivity index (χ3n) is 8.53. The van der Waals surface area contributed by atoms with Crippen LogP contribution in [0.25, 0.3) is 0 Å². The van der Waals surface area contributed by atoms with Crippen LogP contribution in [0.2, 0.25) is 0 Å². The Morgan fingerprint density at radius 2 is 1.73 bits per heavy atom. The number of hydrogen-bond acceptors (Lipinski definition) is 2. The lowest BCUT2D eigenvalue weighted by atomic mass is 9.37. The molecule has 2 N–H and O–H groups in total. The Kier molecular flexibility index (Phi) is 2.89. The Bertz CT molecular complexity index is 520. The van der Waals surface area contributed by atoms with Gasteiger partial charge < -0.3 is 10.2 Å². The summed E-state index contributed by atoms with van der Waals surface area (Å²) in [7, 11) is 0. The summed E-state index contributed by atoms with van der Waals surface area (Å²) in [6.07, 6.45) is 11.2. The molecule has 0 aromatic rings. The van der Waals surface area contributed by atoms with Crippen LogP contribution in [-0.4, -0.2) is 21.9 Å². The van der Waals surface area contributed by atoms with Crippen LogP contribution >= 0.6 is 0 Å². The van der Waals surface area contributed by atoms with Gasteiger partial charge in [-0.25, -0.2) is 0 Å². The normalized spacial score (nSPS) is 59.0. The highest BCUT2D eigenvalue weighted by Gasteiger charge is 2.65. The second kappa shape index (κ2) is 4.19. The van der Waals surface area contributed by atoms with Gasteiger partial charge in [0.05, 0.1) is 11.7 Å². The summed E-state index contributed by atoms with van der Waals surface area (Å²) < 4.78 is 0. The molecule has 2 nitrogen and oxygen atoms in total. The summed E-state index contributed by atoms with van der Waals surface area (Å²) in [4.78, 5) is 0. The Balaban J connectivity index is 1.76. The summed E-state index contributed by atoms with van der Waals surface area (Å²) >= 11 is 0. The molecule has 1 spiro atoms. The van der Waals surface area contributed by atoms with Crippen molar-refractivity contribution >= 4 is 0 Å². The number of rotatable bonds is 0.